The lowest BCUT2D eigenvalue weighted by molar-refractivity contribution is 0.548. The highest BCUT2D eigenvalue weighted by atomic mass is 31.2. The Morgan fingerprint density at radius 1 is 0.917 bits per heavy atom. The molecule has 1 unspecified atom stereocenters. The fraction of sp³-hybridized carbons (Fsp3) is 0.900. The van der Waals surface area contributed by atoms with E-state index in [1.165, 1.54) is 38.5 Å². The first kappa shape index (κ1) is 22.2. The minimum Gasteiger partial charge on any atom is -0.323 e. The topological polar surface area (TPSA) is 34.1 Å². The van der Waals surface area contributed by atoms with Crippen molar-refractivity contribution in [1.82, 2.24) is 0 Å². The van der Waals surface area contributed by atoms with Crippen molar-refractivity contribution >= 4 is 14.3 Å². The zero-order chi connectivity index (χ0) is 18.1. The van der Waals surface area contributed by atoms with Gasteiger partial charge in [0, 0.05) is 18.0 Å². The van der Waals surface area contributed by atoms with E-state index in [2.05, 4.69) is 19.9 Å². The molecule has 0 N–H and O–H groups in total. The number of hydrogen-bond acceptors (Lipinski definition) is 2. The molecule has 0 aromatic carbocycles. The first-order valence-corrected chi connectivity index (χ1v) is 14.9. The smallest absolute Gasteiger partial charge is 0.106 e. The molecule has 4 heteroatoms. The van der Waals surface area contributed by atoms with Crippen LogP contribution in [0.25, 0.3) is 0 Å². The maximum Gasteiger partial charge on any atom is 0.106 e. The third kappa shape index (κ3) is 7.21. The minimum absolute atomic E-state index is 0.121. The molecule has 0 saturated heterocycles. The normalized spacial score (nSPS) is 19.3. The molecular formula is C20H40O2P2. The summed E-state index contributed by atoms with van der Waals surface area (Å²) in [7, 11) is -4.56. The molecule has 0 aromatic heterocycles. The Balaban J connectivity index is 2.88. The van der Waals surface area contributed by atoms with Gasteiger partial charge in [0.2, 0.25) is 0 Å². The molecule has 0 amide bonds. The predicted octanol–water partition coefficient (Wildman–Crippen LogP) is 7.57. The summed E-state index contributed by atoms with van der Waals surface area (Å²) in [6, 6.07) is 0. The van der Waals surface area contributed by atoms with Crippen LogP contribution in [0.5, 0.6) is 0 Å². The molecule has 0 aliphatic heterocycles. The molecule has 24 heavy (non-hydrogen) atoms. The van der Waals surface area contributed by atoms with E-state index in [1.54, 1.807) is 0 Å². The lowest BCUT2D eigenvalue weighted by Gasteiger charge is -2.34. The van der Waals surface area contributed by atoms with E-state index in [4.69, 9.17) is 0 Å². The number of rotatable bonds is 12. The lowest BCUT2D eigenvalue weighted by Crippen LogP contribution is -2.19. The summed E-state index contributed by atoms with van der Waals surface area (Å²) >= 11 is 0. The van der Waals surface area contributed by atoms with Gasteiger partial charge >= 0.3 is 0 Å². The molecule has 2 nitrogen and oxygen atoms in total. The highest BCUT2D eigenvalue weighted by Crippen LogP contribution is 2.64. The van der Waals surface area contributed by atoms with Gasteiger partial charge in [-0.1, -0.05) is 58.4 Å². The van der Waals surface area contributed by atoms with Gasteiger partial charge in [0.1, 0.15) is 7.14 Å². The van der Waals surface area contributed by atoms with Crippen LogP contribution in [-0.2, 0) is 9.13 Å². The van der Waals surface area contributed by atoms with E-state index in [9.17, 15) is 9.13 Å². The van der Waals surface area contributed by atoms with Crippen LogP contribution in [0.1, 0.15) is 84.5 Å². The molecule has 0 radical (unpaired) electrons. The van der Waals surface area contributed by atoms with Gasteiger partial charge in [-0.2, -0.15) is 0 Å². The van der Waals surface area contributed by atoms with Crippen LogP contribution in [0.2, 0.25) is 0 Å². The largest absolute Gasteiger partial charge is 0.323 e. The van der Waals surface area contributed by atoms with Gasteiger partial charge in [0.25, 0.3) is 0 Å². The number of unbranched alkanes of at least 4 members (excludes halogenated alkanes) is 6. The third-order valence-corrected chi connectivity index (χ3v) is 11.1. The summed E-state index contributed by atoms with van der Waals surface area (Å²) in [5.41, 5.74) is 0.121. The average Bonchev–Trinajstić information content (AvgIpc) is 2.55. The zero-order valence-electron chi connectivity index (χ0n) is 16.6. The maximum atomic E-state index is 14.0. The van der Waals surface area contributed by atoms with E-state index >= 15 is 0 Å². The monoisotopic (exact) mass is 374 g/mol. The summed E-state index contributed by atoms with van der Waals surface area (Å²) < 4.78 is 26.8. The summed E-state index contributed by atoms with van der Waals surface area (Å²) in [5, 5.41) is 1.07. The van der Waals surface area contributed by atoms with Crippen molar-refractivity contribution in [3.8, 4) is 0 Å². The molecular weight excluding hydrogens is 334 g/mol. The van der Waals surface area contributed by atoms with Crippen LogP contribution in [0.15, 0.2) is 11.4 Å². The Morgan fingerprint density at radius 2 is 1.46 bits per heavy atom. The summed E-state index contributed by atoms with van der Waals surface area (Å²) in [4.78, 5) is 0. The van der Waals surface area contributed by atoms with Gasteiger partial charge in [-0.3, -0.25) is 0 Å². The Bertz CT molecular complexity index is 460. The fourth-order valence-corrected chi connectivity index (χ4v) is 10.4. The number of hydrogen-bond donors (Lipinski definition) is 0. The van der Waals surface area contributed by atoms with Gasteiger partial charge in [-0.25, -0.2) is 0 Å². The minimum atomic E-state index is -2.29. The van der Waals surface area contributed by atoms with Gasteiger partial charge in [-0.15, -0.1) is 0 Å². The summed E-state index contributed by atoms with van der Waals surface area (Å²) in [6.45, 7) is 8.18. The van der Waals surface area contributed by atoms with Gasteiger partial charge in [0.15, 0.2) is 0 Å². The standard InChI is InChI=1S/C20H40O2P2/c1-5-7-9-13-17-24(22,18-14-10-8-6-2)20-16-12-11-15-19(20)23(3,4)21/h15,20H,5-14,16-18H2,1-4H3. The second kappa shape index (κ2) is 11.0. The molecule has 0 spiro atoms. The highest BCUT2D eigenvalue weighted by molar-refractivity contribution is 7.70. The second-order valence-electron chi connectivity index (χ2n) is 7.95. The molecule has 0 aromatic rings. The molecule has 142 valence electrons. The van der Waals surface area contributed by atoms with Crippen molar-refractivity contribution in [3.63, 3.8) is 0 Å². The van der Waals surface area contributed by atoms with Crippen molar-refractivity contribution in [2.24, 2.45) is 0 Å². The van der Waals surface area contributed by atoms with E-state index in [1.807, 2.05) is 13.3 Å². The van der Waals surface area contributed by atoms with Crippen LogP contribution in [0, 0.1) is 0 Å². The molecule has 0 fully saturated rings. The highest BCUT2D eigenvalue weighted by Gasteiger charge is 2.39. The summed E-state index contributed by atoms with van der Waals surface area (Å²) in [6.07, 6.45) is 16.5. The molecule has 1 aliphatic carbocycles. The zero-order valence-corrected chi connectivity index (χ0v) is 18.3. The van der Waals surface area contributed by atoms with Gasteiger partial charge in [-0.05, 0) is 50.7 Å². The third-order valence-electron chi connectivity index (χ3n) is 5.35. The molecule has 0 heterocycles. The van der Waals surface area contributed by atoms with Crippen LogP contribution in [0.3, 0.4) is 0 Å². The van der Waals surface area contributed by atoms with E-state index in [0.717, 1.165) is 49.7 Å². The van der Waals surface area contributed by atoms with Crippen molar-refractivity contribution in [3.05, 3.63) is 11.4 Å². The van der Waals surface area contributed by atoms with Crippen LogP contribution >= 0.6 is 14.3 Å². The Hall–Kier alpha value is 0.200. The second-order valence-corrected chi connectivity index (χ2v) is 14.6. The fourth-order valence-electron chi connectivity index (χ4n) is 3.94. The molecule has 1 aliphatic rings. The molecule has 1 atom stereocenters. The first-order chi connectivity index (χ1) is 11.3. The average molecular weight is 374 g/mol. The van der Waals surface area contributed by atoms with Gasteiger partial charge < -0.3 is 9.13 Å². The van der Waals surface area contributed by atoms with Crippen LogP contribution in [-0.4, -0.2) is 31.3 Å². The molecule has 1 rings (SSSR count). The lowest BCUT2D eigenvalue weighted by atomic mass is 10.1. The van der Waals surface area contributed by atoms with Crippen LogP contribution in [0.4, 0.5) is 0 Å². The van der Waals surface area contributed by atoms with Crippen molar-refractivity contribution in [1.29, 1.82) is 0 Å². The Morgan fingerprint density at radius 3 is 1.92 bits per heavy atom. The SMILES string of the molecule is CCCCCCP(=O)(CCCCCC)C1CCCC=C1P(C)(C)=O. The number of allylic oxidation sites excluding steroid dienone is 2. The summed E-state index contributed by atoms with van der Waals surface area (Å²) in [5.74, 6) is 0. The van der Waals surface area contributed by atoms with Crippen molar-refractivity contribution in [2.45, 2.75) is 90.1 Å². The van der Waals surface area contributed by atoms with E-state index in [0.29, 0.717) is 0 Å². The predicted molar refractivity (Wildman–Crippen MR) is 111 cm³/mol. The van der Waals surface area contributed by atoms with Crippen molar-refractivity contribution < 1.29 is 9.13 Å². The Kier molecular flexibility index (Phi) is 10.2. The first-order valence-electron chi connectivity index (χ1n) is 10.2. The Labute approximate surface area is 151 Å². The molecule has 0 bridgehead atoms. The van der Waals surface area contributed by atoms with Gasteiger partial charge in [0.05, 0.1) is 7.14 Å². The molecule has 0 saturated carbocycles. The van der Waals surface area contributed by atoms with E-state index < -0.39 is 14.3 Å². The van der Waals surface area contributed by atoms with Crippen LogP contribution < -0.4 is 0 Å². The maximum absolute atomic E-state index is 14.0. The van der Waals surface area contributed by atoms with Crippen molar-refractivity contribution in [2.75, 3.05) is 25.7 Å². The van der Waals surface area contributed by atoms with E-state index in [-0.39, 0.29) is 5.66 Å². The quantitative estimate of drug-likeness (QED) is 0.261.